The van der Waals surface area contributed by atoms with Crippen LogP contribution in [0.25, 0.3) is 11.3 Å². The predicted octanol–water partition coefficient (Wildman–Crippen LogP) is 6.20. The third kappa shape index (κ3) is 10.3. The van der Waals surface area contributed by atoms with E-state index in [1.54, 1.807) is 71.9 Å². The van der Waals surface area contributed by atoms with Crippen LogP contribution in [0.3, 0.4) is 0 Å². The average Bonchev–Trinajstić information content (AvgIpc) is 4.12. The van der Waals surface area contributed by atoms with E-state index in [2.05, 4.69) is 25.9 Å². The molecule has 5 atom stereocenters. The Morgan fingerprint density at radius 1 is 0.818 bits per heavy atom. The maximum atomic E-state index is 16.0. The van der Waals surface area contributed by atoms with Crippen molar-refractivity contribution in [3.8, 4) is 11.3 Å². The standard InChI is InChI=1S/C48H57F2N9O7/c1-48(2,3)66-47(63)56-40(31-14-9-6-10-15-31)45(61)59-22-23-65-28-38(59)43-52-26-35(53-43)29-17-20-57(21-18-29)41-33(49)24-32(25-34(41)50)36-27-51-42(54-36)37-16-11-19-58(37)44(60)39(55-46(62)64-4)30-12-7-5-8-13-30/h5-10,12-15,24-25,27,29,35,37-40H,11,16-23,26,28H2,1-4H3,(H,51,54)(H,52,53)(H,55,62)(H,56,63)/t35?,37-,38-,39+,40+/m0/s1. The average molecular weight is 910 g/mol. The molecule has 3 fully saturated rings. The number of likely N-dealkylation sites (tertiary alicyclic amines) is 1. The number of benzene rings is 3. The Labute approximate surface area is 382 Å². The second-order valence-corrected chi connectivity index (χ2v) is 18.1. The predicted molar refractivity (Wildman–Crippen MR) is 241 cm³/mol. The minimum absolute atomic E-state index is 0.0445. The van der Waals surface area contributed by atoms with Gasteiger partial charge in [-0.25, -0.2) is 23.4 Å². The van der Waals surface area contributed by atoms with Crippen LogP contribution >= 0.6 is 0 Å². The second kappa shape index (κ2) is 19.9. The lowest BCUT2D eigenvalue weighted by Gasteiger charge is -2.39. The van der Waals surface area contributed by atoms with Crippen LogP contribution in [-0.2, 0) is 23.8 Å². The fourth-order valence-corrected chi connectivity index (χ4v) is 9.36. The van der Waals surface area contributed by atoms with Gasteiger partial charge < -0.3 is 49.8 Å². The zero-order valence-corrected chi connectivity index (χ0v) is 37.6. The van der Waals surface area contributed by atoms with Crippen LogP contribution in [0.5, 0.6) is 0 Å². The summed E-state index contributed by atoms with van der Waals surface area (Å²) in [6, 6.07) is 17.6. The van der Waals surface area contributed by atoms with Crippen molar-refractivity contribution in [3.05, 3.63) is 108 Å². The molecule has 4 amide bonds. The Morgan fingerprint density at radius 3 is 2.03 bits per heavy atom. The van der Waals surface area contributed by atoms with Crippen molar-refractivity contribution >= 4 is 35.5 Å². The molecule has 3 saturated heterocycles. The first-order chi connectivity index (χ1) is 31.8. The van der Waals surface area contributed by atoms with Gasteiger partial charge in [0.2, 0.25) is 0 Å². The Balaban J connectivity index is 0.889. The number of imidazole rings is 1. The van der Waals surface area contributed by atoms with Gasteiger partial charge in [0.05, 0.1) is 44.8 Å². The van der Waals surface area contributed by atoms with Crippen molar-refractivity contribution < 1.29 is 42.2 Å². The highest BCUT2D eigenvalue weighted by molar-refractivity contribution is 5.95. The quantitative estimate of drug-likeness (QED) is 0.135. The number of nitrogens with zero attached hydrogens (tertiary/aromatic N) is 5. The summed E-state index contributed by atoms with van der Waals surface area (Å²) in [6.45, 7) is 7.91. The van der Waals surface area contributed by atoms with Crippen LogP contribution in [0.15, 0.2) is 84.0 Å². The molecule has 5 heterocycles. The Hall–Kier alpha value is -6.56. The highest BCUT2D eigenvalue weighted by Crippen LogP contribution is 2.37. The van der Waals surface area contributed by atoms with E-state index < -0.39 is 53.6 Å². The van der Waals surface area contributed by atoms with Gasteiger partial charge in [0.25, 0.3) is 11.8 Å². The van der Waals surface area contributed by atoms with Gasteiger partial charge >= 0.3 is 12.2 Å². The summed E-state index contributed by atoms with van der Waals surface area (Å²) in [6.07, 6.45) is 2.69. The number of ether oxygens (including phenoxy) is 3. The molecule has 350 valence electrons. The maximum absolute atomic E-state index is 16.0. The zero-order chi connectivity index (χ0) is 46.5. The van der Waals surface area contributed by atoms with E-state index in [1.165, 1.54) is 25.4 Å². The highest BCUT2D eigenvalue weighted by Gasteiger charge is 2.41. The van der Waals surface area contributed by atoms with Crippen LogP contribution in [-0.4, -0.2) is 120 Å². The molecule has 4 aliphatic heterocycles. The molecule has 1 aromatic heterocycles. The van der Waals surface area contributed by atoms with Crippen LogP contribution in [0, 0.1) is 17.6 Å². The third-order valence-corrected chi connectivity index (χ3v) is 12.6. The number of methoxy groups -OCH3 is 1. The summed E-state index contributed by atoms with van der Waals surface area (Å²) < 4.78 is 48.1. The molecule has 0 spiro atoms. The Kier molecular flexibility index (Phi) is 13.9. The van der Waals surface area contributed by atoms with Crippen molar-refractivity contribution in [2.45, 2.75) is 82.3 Å². The number of carbonyl (C=O) groups excluding carboxylic acids is 4. The van der Waals surface area contributed by atoms with Gasteiger partial charge in [-0.05, 0) is 75.6 Å². The minimum atomic E-state index is -0.992. The number of carbonyl (C=O) groups is 4. The second-order valence-electron chi connectivity index (χ2n) is 18.1. The topological polar surface area (TPSA) is 183 Å². The number of amides is 4. The first-order valence-corrected chi connectivity index (χ1v) is 22.5. The van der Waals surface area contributed by atoms with Crippen molar-refractivity contribution in [2.75, 3.05) is 57.9 Å². The lowest BCUT2D eigenvalue weighted by atomic mass is 9.89. The van der Waals surface area contributed by atoms with E-state index in [0.29, 0.717) is 93.5 Å². The summed E-state index contributed by atoms with van der Waals surface area (Å²) in [5.41, 5.74) is 1.06. The minimum Gasteiger partial charge on any atom is -0.453 e. The molecule has 0 bridgehead atoms. The molecule has 0 radical (unpaired) electrons. The normalized spacial score (nSPS) is 21.1. The zero-order valence-electron chi connectivity index (χ0n) is 37.6. The van der Waals surface area contributed by atoms with Gasteiger partial charge in [-0.15, -0.1) is 0 Å². The number of morpholine rings is 1. The molecule has 0 aliphatic carbocycles. The van der Waals surface area contributed by atoms with Crippen molar-refractivity contribution in [2.24, 2.45) is 10.9 Å². The third-order valence-electron chi connectivity index (χ3n) is 12.6. The summed E-state index contributed by atoms with van der Waals surface area (Å²) in [4.78, 5) is 71.1. The van der Waals surface area contributed by atoms with Crippen LogP contribution in [0.1, 0.15) is 81.5 Å². The number of anilines is 1. The molecular weight excluding hydrogens is 853 g/mol. The number of amidine groups is 1. The smallest absolute Gasteiger partial charge is 0.408 e. The Morgan fingerprint density at radius 2 is 1.42 bits per heavy atom. The number of piperidine rings is 1. The van der Waals surface area contributed by atoms with Crippen molar-refractivity contribution in [1.82, 2.24) is 35.7 Å². The fourth-order valence-electron chi connectivity index (χ4n) is 9.36. The van der Waals surface area contributed by atoms with Crippen LogP contribution in [0.2, 0.25) is 0 Å². The van der Waals surface area contributed by atoms with E-state index in [1.807, 2.05) is 24.3 Å². The van der Waals surface area contributed by atoms with Gasteiger partial charge in [-0.2, -0.15) is 0 Å². The number of nitrogens with one attached hydrogen (secondary N) is 4. The molecule has 4 aromatic rings. The van der Waals surface area contributed by atoms with Gasteiger partial charge in [-0.1, -0.05) is 60.7 Å². The molecule has 16 nitrogen and oxygen atoms in total. The summed E-state index contributed by atoms with van der Waals surface area (Å²) in [5.74, 6) is -0.764. The molecular formula is C48H57F2N9O7. The summed E-state index contributed by atoms with van der Waals surface area (Å²) >= 11 is 0. The number of halogens is 2. The lowest BCUT2D eigenvalue weighted by Crippen LogP contribution is -2.58. The van der Waals surface area contributed by atoms with E-state index in [9.17, 15) is 19.2 Å². The maximum Gasteiger partial charge on any atom is 0.408 e. The summed E-state index contributed by atoms with van der Waals surface area (Å²) in [7, 11) is 1.24. The molecule has 4 N–H and O–H groups in total. The monoisotopic (exact) mass is 909 g/mol. The lowest BCUT2D eigenvalue weighted by molar-refractivity contribution is -0.140. The summed E-state index contributed by atoms with van der Waals surface area (Å²) in [5, 5.41) is 9.00. The largest absolute Gasteiger partial charge is 0.453 e. The molecule has 4 aliphatic rings. The molecule has 0 saturated carbocycles. The number of aromatic amines is 1. The number of rotatable bonds is 11. The van der Waals surface area contributed by atoms with Gasteiger partial charge in [0.15, 0.2) is 0 Å². The number of hydrogen-bond acceptors (Lipinski definition) is 11. The van der Waals surface area contributed by atoms with E-state index in [-0.39, 0.29) is 41.6 Å². The molecule has 1 unspecified atom stereocenters. The van der Waals surface area contributed by atoms with Crippen molar-refractivity contribution in [1.29, 1.82) is 0 Å². The van der Waals surface area contributed by atoms with Crippen molar-refractivity contribution in [3.63, 3.8) is 0 Å². The fraction of sp³-hybridized carbons (Fsp3) is 0.458. The first-order valence-electron chi connectivity index (χ1n) is 22.5. The highest BCUT2D eigenvalue weighted by atomic mass is 19.1. The van der Waals surface area contributed by atoms with Gasteiger partial charge in [0.1, 0.15) is 52.7 Å². The van der Waals surface area contributed by atoms with Gasteiger partial charge in [0, 0.05) is 37.8 Å². The number of H-pyrrole nitrogens is 1. The first kappa shape index (κ1) is 46.0. The van der Waals surface area contributed by atoms with Crippen LogP contribution < -0.4 is 20.9 Å². The van der Waals surface area contributed by atoms with E-state index in [4.69, 9.17) is 19.2 Å². The van der Waals surface area contributed by atoms with E-state index in [0.717, 1.165) is 0 Å². The molecule has 18 heteroatoms. The SMILES string of the molecule is COC(=O)N[C@@H](C(=O)N1CCC[C@H]1c1ncc(-c2cc(F)c(N3CCC(C4CN=C([C@@H]5COCCN5C(=O)[C@H](NC(=O)OC(C)(C)C)c5ccccc5)N4)CC3)c(F)c2)[nH]1)c1ccccc1. The van der Waals surface area contributed by atoms with Gasteiger partial charge in [-0.3, -0.25) is 14.6 Å². The molecule has 8 rings (SSSR count). The number of alkyl carbamates (subject to hydrolysis) is 2. The molecule has 66 heavy (non-hydrogen) atoms. The number of aromatic nitrogens is 2. The number of aliphatic imine (C=N–C) groups is 1. The van der Waals surface area contributed by atoms with Crippen LogP contribution in [0.4, 0.5) is 24.1 Å². The number of hydrogen-bond donors (Lipinski definition) is 4. The van der Waals surface area contributed by atoms with E-state index >= 15 is 8.78 Å². The Bertz CT molecular complexity index is 2380. The molecule has 3 aromatic carbocycles.